The lowest BCUT2D eigenvalue weighted by molar-refractivity contribution is -0.109. The van der Waals surface area contributed by atoms with Crippen molar-refractivity contribution < 1.29 is 4.79 Å². The van der Waals surface area contributed by atoms with Gasteiger partial charge < -0.3 is 0 Å². The van der Waals surface area contributed by atoms with Crippen LogP contribution in [0.2, 0.25) is 4.47 Å². The Hall–Kier alpha value is -1.02. The van der Waals surface area contributed by atoms with E-state index in [2.05, 4.69) is 16.8 Å². The van der Waals surface area contributed by atoms with Crippen molar-refractivity contribution >= 4 is 50.0 Å². The molecule has 2 rings (SSSR count). The van der Waals surface area contributed by atoms with Crippen molar-refractivity contribution in [1.29, 1.82) is 0 Å². The highest BCUT2D eigenvalue weighted by Crippen LogP contribution is 2.26. The van der Waals surface area contributed by atoms with Crippen molar-refractivity contribution in [3.63, 3.8) is 0 Å². The Labute approximate surface area is 112 Å². The van der Waals surface area contributed by atoms with Crippen LogP contribution in [0.25, 0.3) is 10.2 Å². The van der Waals surface area contributed by atoms with E-state index in [1.807, 2.05) is 18.2 Å². The molecule has 0 atom stereocenters. The van der Waals surface area contributed by atoms with Gasteiger partial charge in [-0.3, -0.25) is 4.79 Å². The van der Waals surface area contributed by atoms with Gasteiger partial charge in [0.15, 0.2) is 9.58 Å². The Kier molecular flexibility index (Phi) is 4.06. The summed E-state index contributed by atoms with van der Waals surface area (Å²) in [6.45, 7) is 1.54. The number of hydrogen-bond acceptors (Lipinski definition) is 4. The first-order valence-electron chi connectivity index (χ1n) is 4.83. The van der Waals surface area contributed by atoms with Gasteiger partial charge in [0.2, 0.25) is 0 Å². The summed E-state index contributed by atoms with van der Waals surface area (Å²) in [6.07, 6.45) is 0. The van der Waals surface area contributed by atoms with Gasteiger partial charge in [-0.2, -0.15) is 0 Å². The minimum absolute atomic E-state index is 0.0870. The first-order chi connectivity index (χ1) is 8.15. The number of aromatic nitrogens is 1. The Balaban J connectivity index is 2.16. The van der Waals surface area contributed by atoms with E-state index in [1.54, 1.807) is 0 Å². The first kappa shape index (κ1) is 12.4. The van der Waals surface area contributed by atoms with Crippen molar-refractivity contribution in [3.05, 3.63) is 28.2 Å². The number of halogens is 1. The van der Waals surface area contributed by atoms with Gasteiger partial charge in [-0.25, -0.2) is 4.98 Å². The molecule has 2 aromatic rings. The minimum Gasteiger partial charge on any atom is -0.288 e. The molecule has 0 spiro atoms. The number of fused-ring (bicyclic) bond motifs is 1. The van der Waals surface area contributed by atoms with Crippen molar-refractivity contribution in [1.82, 2.24) is 4.98 Å². The highest BCUT2D eigenvalue weighted by Gasteiger charge is 2.01. The molecule has 0 unspecified atom stereocenters. The number of benzene rings is 1. The minimum atomic E-state index is 0.0870. The predicted octanol–water partition coefficient (Wildman–Crippen LogP) is 3.58. The molecule has 17 heavy (non-hydrogen) atoms. The number of hydrogen-bond donors (Lipinski definition) is 0. The van der Waals surface area contributed by atoms with E-state index in [0.717, 1.165) is 15.8 Å². The second-order valence-electron chi connectivity index (χ2n) is 3.23. The lowest BCUT2D eigenvalue weighted by Gasteiger charge is -1.90. The molecule has 0 aliphatic carbocycles. The number of carbonyl (C=O) groups is 1. The summed E-state index contributed by atoms with van der Waals surface area (Å²) < 4.78 is 1.57. The maximum Gasteiger partial charge on any atom is 0.186 e. The zero-order valence-corrected chi connectivity index (χ0v) is 11.4. The van der Waals surface area contributed by atoms with Gasteiger partial charge in [0.1, 0.15) is 0 Å². The van der Waals surface area contributed by atoms with Gasteiger partial charge in [0.05, 0.1) is 16.0 Å². The van der Waals surface area contributed by atoms with E-state index in [9.17, 15) is 4.79 Å². The van der Waals surface area contributed by atoms with E-state index in [1.165, 1.54) is 30.0 Å². The van der Waals surface area contributed by atoms with Gasteiger partial charge in [0.25, 0.3) is 0 Å². The van der Waals surface area contributed by atoms with E-state index >= 15 is 0 Å². The third-order valence-electron chi connectivity index (χ3n) is 1.94. The molecule has 0 amide bonds. The highest BCUT2D eigenvalue weighted by atomic mass is 35.5. The van der Waals surface area contributed by atoms with E-state index in [-0.39, 0.29) is 5.12 Å². The van der Waals surface area contributed by atoms with Crippen molar-refractivity contribution in [2.24, 2.45) is 0 Å². The van der Waals surface area contributed by atoms with Gasteiger partial charge >= 0.3 is 0 Å². The van der Waals surface area contributed by atoms with Crippen LogP contribution in [-0.2, 0) is 4.79 Å². The summed E-state index contributed by atoms with van der Waals surface area (Å²) in [7, 11) is 0. The summed E-state index contributed by atoms with van der Waals surface area (Å²) in [4.78, 5) is 14.9. The summed E-state index contributed by atoms with van der Waals surface area (Å²) in [5, 5.41) is 0.0870. The number of rotatable bonds is 1. The standard InChI is InChI=1S/C12H8ClNOS2/c1-8(15)16-6-2-3-9-4-5-10-11(7-9)17-12(13)14-10/h4-5,7H,6H2,1H3. The SMILES string of the molecule is CC(=O)SCC#Cc1ccc2nc(Cl)sc2c1. The van der Waals surface area contributed by atoms with Crippen molar-refractivity contribution in [2.45, 2.75) is 6.92 Å². The maximum atomic E-state index is 10.7. The Bertz CT molecular complexity index is 624. The maximum absolute atomic E-state index is 10.7. The van der Waals surface area contributed by atoms with Crippen LogP contribution in [0, 0.1) is 11.8 Å². The summed E-state index contributed by atoms with van der Waals surface area (Å²) in [6, 6.07) is 5.77. The fraction of sp³-hybridized carbons (Fsp3) is 0.167. The van der Waals surface area contributed by atoms with Crippen LogP contribution in [0.5, 0.6) is 0 Å². The van der Waals surface area contributed by atoms with E-state index < -0.39 is 0 Å². The summed E-state index contributed by atoms with van der Waals surface area (Å²) in [5.41, 5.74) is 1.81. The van der Waals surface area contributed by atoms with Crippen molar-refractivity contribution in [2.75, 3.05) is 5.75 Å². The number of thioether (sulfide) groups is 1. The van der Waals surface area contributed by atoms with Crippen LogP contribution in [0.3, 0.4) is 0 Å². The zero-order valence-electron chi connectivity index (χ0n) is 8.99. The molecule has 86 valence electrons. The van der Waals surface area contributed by atoms with Crippen LogP contribution in [0.15, 0.2) is 18.2 Å². The monoisotopic (exact) mass is 281 g/mol. The highest BCUT2D eigenvalue weighted by molar-refractivity contribution is 8.13. The average molecular weight is 282 g/mol. The molecule has 0 saturated carbocycles. The van der Waals surface area contributed by atoms with Crippen molar-refractivity contribution in [3.8, 4) is 11.8 Å². The first-order valence-corrected chi connectivity index (χ1v) is 7.01. The second kappa shape index (κ2) is 5.54. The molecule has 2 nitrogen and oxygen atoms in total. The molecule has 1 heterocycles. The normalized spacial score (nSPS) is 10.0. The predicted molar refractivity (Wildman–Crippen MR) is 74.6 cm³/mol. The van der Waals surface area contributed by atoms with Crippen LogP contribution in [0.1, 0.15) is 12.5 Å². The Morgan fingerprint density at radius 2 is 2.41 bits per heavy atom. The molecular weight excluding hydrogens is 274 g/mol. The van der Waals surface area contributed by atoms with Crippen LogP contribution in [0.4, 0.5) is 0 Å². The molecule has 0 saturated heterocycles. The Morgan fingerprint density at radius 1 is 1.59 bits per heavy atom. The van der Waals surface area contributed by atoms with E-state index in [4.69, 9.17) is 11.6 Å². The summed E-state index contributed by atoms with van der Waals surface area (Å²) >= 11 is 8.48. The number of nitrogens with zero attached hydrogens (tertiary/aromatic N) is 1. The molecule has 0 aliphatic rings. The lowest BCUT2D eigenvalue weighted by Crippen LogP contribution is -1.82. The molecule has 1 aromatic heterocycles. The zero-order chi connectivity index (χ0) is 12.3. The third kappa shape index (κ3) is 3.47. The lowest BCUT2D eigenvalue weighted by atomic mass is 10.2. The molecule has 0 N–H and O–H groups in total. The van der Waals surface area contributed by atoms with E-state index in [0.29, 0.717) is 10.2 Å². The smallest absolute Gasteiger partial charge is 0.186 e. The molecule has 0 bridgehead atoms. The van der Waals surface area contributed by atoms with Crippen LogP contribution < -0.4 is 0 Å². The van der Waals surface area contributed by atoms with Crippen LogP contribution >= 0.6 is 34.7 Å². The number of carbonyl (C=O) groups excluding carboxylic acids is 1. The molecule has 0 aliphatic heterocycles. The van der Waals surface area contributed by atoms with Gasteiger partial charge in [-0.1, -0.05) is 35.2 Å². The summed E-state index contributed by atoms with van der Waals surface area (Å²) in [5.74, 6) is 6.49. The molecule has 0 radical (unpaired) electrons. The Morgan fingerprint density at radius 3 is 3.18 bits per heavy atom. The molecule has 1 aromatic carbocycles. The average Bonchev–Trinajstić information content (AvgIpc) is 2.63. The molecule has 0 fully saturated rings. The fourth-order valence-corrected chi connectivity index (χ4v) is 2.67. The van der Waals surface area contributed by atoms with Crippen LogP contribution in [-0.4, -0.2) is 15.9 Å². The largest absolute Gasteiger partial charge is 0.288 e. The second-order valence-corrected chi connectivity index (χ2v) is 6.00. The van der Waals surface area contributed by atoms with Gasteiger partial charge in [0, 0.05) is 12.5 Å². The quantitative estimate of drug-likeness (QED) is 0.749. The fourth-order valence-electron chi connectivity index (χ4n) is 1.25. The van der Waals surface area contributed by atoms with Gasteiger partial charge in [-0.05, 0) is 18.2 Å². The third-order valence-corrected chi connectivity index (χ3v) is 3.76. The topological polar surface area (TPSA) is 30.0 Å². The van der Waals surface area contributed by atoms with Gasteiger partial charge in [-0.15, -0.1) is 11.3 Å². The molecular formula is C12H8ClNOS2. The number of thiazole rings is 1. The molecule has 5 heteroatoms.